The Hall–Kier alpha value is -1.97. The van der Waals surface area contributed by atoms with E-state index < -0.39 is 5.41 Å². The summed E-state index contributed by atoms with van der Waals surface area (Å²) >= 11 is 0. The maximum Gasteiger partial charge on any atom is 0.311 e. The molecule has 2 atom stereocenters. The molecule has 0 unspecified atom stereocenters. The van der Waals surface area contributed by atoms with E-state index in [0.717, 1.165) is 30.4 Å². The number of unbranched alkanes of at least 4 members (excludes halogenated alkanes) is 3. The highest BCUT2D eigenvalue weighted by Crippen LogP contribution is 2.50. The summed E-state index contributed by atoms with van der Waals surface area (Å²) in [4.78, 5) is 12.3. The molecule has 0 bridgehead atoms. The average molecular weight is 473 g/mol. The van der Waals surface area contributed by atoms with E-state index in [2.05, 4.69) is 47.6 Å². The standard InChI is InChI=1S/C30H48O4/c1-10-11-12-13-14-29(6,7)23-16-24(31)26(25(32)17-23)21-15-22(20(2)30(8,9)18-21)19-34-27(33)28(3,4)5/h15-17,20-21,31-32H,10-14,18-19H2,1-9H3/t20-,21+/m1/s1. The summed E-state index contributed by atoms with van der Waals surface area (Å²) in [6.45, 7) is 18.9. The number of hydrogen-bond acceptors (Lipinski definition) is 4. The summed E-state index contributed by atoms with van der Waals surface area (Å²) in [6.07, 6.45) is 8.69. The highest BCUT2D eigenvalue weighted by molar-refractivity contribution is 5.75. The first-order chi connectivity index (χ1) is 15.6. The number of phenols is 2. The van der Waals surface area contributed by atoms with Crippen LogP contribution in [0.2, 0.25) is 0 Å². The highest BCUT2D eigenvalue weighted by atomic mass is 16.5. The van der Waals surface area contributed by atoms with Crippen LogP contribution in [0.3, 0.4) is 0 Å². The Bertz CT molecular complexity index is 863. The number of benzene rings is 1. The second-order valence-corrected chi connectivity index (χ2v) is 12.7. The molecule has 1 aliphatic rings. The summed E-state index contributed by atoms with van der Waals surface area (Å²) in [7, 11) is 0. The van der Waals surface area contributed by atoms with Crippen molar-refractivity contribution in [3.63, 3.8) is 0 Å². The smallest absolute Gasteiger partial charge is 0.311 e. The molecule has 1 aromatic rings. The largest absolute Gasteiger partial charge is 0.507 e. The van der Waals surface area contributed by atoms with Gasteiger partial charge in [-0.2, -0.15) is 0 Å². The van der Waals surface area contributed by atoms with Gasteiger partial charge in [0.15, 0.2) is 0 Å². The number of aromatic hydroxyl groups is 2. The Morgan fingerprint density at radius 3 is 2.18 bits per heavy atom. The number of rotatable bonds is 9. The molecule has 4 nitrogen and oxygen atoms in total. The normalized spacial score (nSPS) is 20.7. The van der Waals surface area contributed by atoms with Gasteiger partial charge in [0.05, 0.1) is 5.41 Å². The van der Waals surface area contributed by atoms with Gasteiger partial charge in [0.2, 0.25) is 0 Å². The summed E-state index contributed by atoms with van der Waals surface area (Å²) in [6, 6.07) is 3.68. The molecule has 192 valence electrons. The van der Waals surface area contributed by atoms with Crippen molar-refractivity contribution < 1.29 is 19.7 Å². The molecular formula is C30H48O4. The van der Waals surface area contributed by atoms with Crippen molar-refractivity contribution in [3.8, 4) is 11.5 Å². The second kappa shape index (κ2) is 10.7. The van der Waals surface area contributed by atoms with E-state index in [-0.39, 0.29) is 46.7 Å². The zero-order valence-electron chi connectivity index (χ0n) is 23.0. The molecule has 4 heteroatoms. The number of carbonyl (C=O) groups excluding carboxylic acids is 1. The molecule has 0 aromatic heterocycles. The first-order valence-electron chi connectivity index (χ1n) is 13.0. The van der Waals surface area contributed by atoms with Crippen LogP contribution >= 0.6 is 0 Å². The van der Waals surface area contributed by atoms with E-state index in [0.29, 0.717) is 5.56 Å². The van der Waals surface area contributed by atoms with Crippen LogP contribution in [0.25, 0.3) is 0 Å². The van der Waals surface area contributed by atoms with Gasteiger partial charge in [-0.1, -0.05) is 73.3 Å². The predicted octanol–water partition coefficient (Wildman–Crippen LogP) is 8.01. The number of ether oxygens (including phenoxy) is 1. The number of esters is 1. The summed E-state index contributed by atoms with van der Waals surface area (Å²) in [5.41, 5.74) is 1.84. The van der Waals surface area contributed by atoms with Gasteiger partial charge in [-0.15, -0.1) is 0 Å². The quantitative estimate of drug-likeness (QED) is 0.217. The molecule has 0 amide bonds. The molecule has 0 saturated carbocycles. The van der Waals surface area contributed by atoms with E-state index in [9.17, 15) is 15.0 Å². The Morgan fingerprint density at radius 2 is 1.65 bits per heavy atom. The number of phenolic OH excluding ortho intramolecular Hbond substituents is 2. The molecule has 2 rings (SSSR count). The van der Waals surface area contributed by atoms with E-state index in [1.165, 1.54) is 19.3 Å². The zero-order valence-corrected chi connectivity index (χ0v) is 23.0. The zero-order chi connectivity index (χ0) is 25.9. The third-order valence-corrected chi connectivity index (χ3v) is 7.82. The van der Waals surface area contributed by atoms with E-state index in [4.69, 9.17) is 4.74 Å². The molecule has 1 aromatic carbocycles. The number of allylic oxidation sites excluding steroid dienone is 1. The van der Waals surface area contributed by atoms with Gasteiger partial charge in [0.25, 0.3) is 0 Å². The van der Waals surface area contributed by atoms with Crippen LogP contribution in [-0.2, 0) is 14.9 Å². The van der Waals surface area contributed by atoms with Gasteiger partial charge < -0.3 is 14.9 Å². The second-order valence-electron chi connectivity index (χ2n) is 12.7. The van der Waals surface area contributed by atoms with Gasteiger partial charge in [0.1, 0.15) is 18.1 Å². The molecule has 0 radical (unpaired) electrons. The van der Waals surface area contributed by atoms with E-state index >= 15 is 0 Å². The number of carbonyl (C=O) groups is 1. The molecule has 0 spiro atoms. The fraction of sp³-hybridized carbons (Fsp3) is 0.700. The highest BCUT2D eigenvalue weighted by Gasteiger charge is 2.38. The monoisotopic (exact) mass is 472 g/mol. The van der Waals surface area contributed by atoms with Crippen molar-refractivity contribution in [2.75, 3.05) is 6.61 Å². The molecule has 34 heavy (non-hydrogen) atoms. The van der Waals surface area contributed by atoms with Crippen LogP contribution < -0.4 is 0 Å². The Kier molecular flexibility index (Phi) is 8.93. The van der Waals surface area contributed by atoms with Crippen LogP contribution in [0.15, 0.2) is 23.8 Å². The third kappa shape index (κ3) is 6.79. The fourth-order valence-electron chi connectivity index (χ4n) is 4.96. The SMILES string of the molecule is CCCCCCC(C)(C)c1cc(O)c([C@H]2C=C(COC(=O)C(C)(C)C)[C@@H](C)C(C)(C)C2)c(O)c1. The maximum absolute atomic E-state index is 12.3. The van der Waals surface area contributed by atoms with Crippen LogP contribution in [0.5, 0.6) is 11.5 Å². The predicted molar refractivity (Wildman–Crippen MR) is 140 cm³/mol. The van der Waals surface area contributed by atoms with Gasteiger partial charge in [-0.25, -0.2) is 0 Å². The van der Waals surface area contributed by atoms with E-state index in [1.807, 2.05) is 32.9 Å². The lowest BCUT2D eigenvalue weighted by atomic mass is 9.64. The number of hydrogen-bond donors (Lipinski definition) is 2. The lowest BCUT2D eigenvalue weighted by Gasteiger charge is -2.41. The third-order valence-electron chi connectivity index (χ3n) is 7.82. The molecule has 0 fully saturated rings. The minimum Gasteiger partial charge on any atom is -0.507 e. The lowest BCUT2D eigenvalue weighted by molar-refractivity contribution is -0.152. The van der Waals surface area contributed by atoms with Crippen molar-refractivity contribution in [1.29, 1.82) is 0 Å². The molecule has 1 aliphatic carbocycles. The Balaban J connectivity index is 2.33. The summed E-state index contributed by atoms with van der Waals surface area (Å²) in [5, 5.41) is 22.1. The first-order valence-corrected chi connectivity index (χ1v) is 13.0. The Labute approximate surface area is 207 Å². The van der Waals surface area contributed by atoms with Gasteiger partial charge in [-0.3, -0.25) is 4.79 Å². The van der Waals surface area contributed by atoms with Crippen molar-refractivity contribution in [2.45, 2.75) is 112 Å². The minimum absolute atomic E-state index is 0.0704. The van der Waals surface area contributed by atoms with Crippen molar-refractivity contribution in [2.24, 2.45) is 16.7 Å². The summed E-state index contributed by atoms with van der Waals surface area (Å²) in [5.74, 6) is 0.152. The van der Waals surface area contributed by atoms with Gasteiger partial charge >= 0.3 is 5.97 Å². The van der Waals surface area contributed by atoms with Crippen LogP contribution in [0, 0.1) is 16.7 Å². The lowest BCUT2D eigenvalue weighted by Crippen LogP contribution is -2.33. The van der Waals surface area contributed by atoms with Gasteiger partial charge in [-0.05, 0) is 73.6 Å². The van der Waals surface area contributed by atoms with Crippen LogP contribution in [0.1, 0.15) is 118 Å². The maximum atomic E-state index is 12.3. The fourth-order valence-corrected chi connectivity index (χ4v) is 4.96. The Morgan fingerprint density at radius 1 is 1.06 bits per heavy atom. The van der Waals surface area contributed by atoms with E-state index in [1.54, 1.807) is 0 Å². The molecule has 0 heterocycles. The van der Waals surface area contributed by atoms with Crippen LogP contribution in [0.4, 0.5) is 0 Å². The van der Waals surface area contributed by atoms with Crippen molar-refractivity contribution in [3.05, 3.63) is 34.9 Å². The first kappa shape index (κ1) is 28.3. The molecular weight excluding hydrogens is 424 g/mol. The molecule has 2 N–H and O–H groups in total. The van der Waals surface area contributed by atoms with Crippen molar-refractivity contribution in [1.82, 2.24) is 0 Å². The molecule has 0 saturated heterocycles. The van der Waals surface area contributed by atoms with Gasteiger partial charge in [0, 0.05) is 11.5 Å². The average Bonchev–Trinajstić information content (AvgIpc) is 2.71. The van der Waals surface area contributed by atoms with Crippen LogP contribution in [-0.4, -0.2) is 22.8 Å². The van der Waals surface area contributed by atoms with Crippen molar-refractivity contribution >= 4 is 5.97 Å². The topological polar surface area (TPSA) is 66.8 Å². The molecule has 0 aliphatic heterocycles. The summed E-state index contributed by atoms with van der Waals surface area (Å²) < 4.78 is 5.64. The minimum atomic E-state index is -0.552.